The monoisotopic (exact) mass is 305 g/mol. The molecule has 1 fully saturated rings. The smallest absolute Gasteiger partial charge is 0.268 e. The fourth-order valence-electron chi connectivity index (χ4n) is 1.80. The number of thiazole rings is 1. The molecule has 9 nitrogen and oxygen atoms in total. The van der Waals surface area contributed by atoms with Gasteiger partial charge in [0, 0.05) is 5.38 Å². The lowest BCUT2D eigenvalue weighted by atomic mass is 9.98. The molecule has 0 radical (unpaired) electrons. The third kappa shape index (κ3) is 2.90. The van der Waals surface area contributed by atoms with Crippen LogP contribution in [0.4, 0.5) is 5.13 Å². The first-order valence-corrected chi connectivity index (χ1v) is 6.64. The van der Waals surface area contributed by atoms with Crippen LogP contribution in [0.5, 0.6) is 0 Å². The SMILES string of the molecule is NC(=O)c1csc(N[C@@H]2O[C@H](CO)[C@@H](O)[C@H](O)[C@H]2O)n1. The van der Waals surface area contributed by atoms with Gasteiger partial charge in [0.15, 0.2) is 11.4 Å². The van der Waals surface area contributed by atoms with E-state index < -0.39 is 43.2 Å². The largest absolute Gasteiger partial charge is 0.394 e. The topological polar surface area (TPSA) is 158 Å². The Bertz CT molecular complexity index is 481. The Morgan fingerprint density at radius 2 is 2.10 bits per heavy atom. The highest BCUT2D eigenvalue weighted by atomic mass is 32.1. The van der Waals surface area contributed by atoms with Crippen LogP contribution in [0.15, 0.2) is 5.38 Å². The van der Waals surface area contributed by atoms with Crippen molar-refractivity contribution in [3.63, 3.8) is 0 Å². The number of rotatable bonds is 4. The standard InChI is InChI=1S/C10H15N3O6S/c11-8(18)3-2-20-10(12-3)13-9-7(17)6(16)5(15)4(1-14)19-9/h2,4-7,9,14-17H,1H2,(H2,11,18)(H,12,13)/t4-,5-,6+,7-,9-/m1/s1. The highest BCUT2D eigenvalue weighted by Gasteiger charge is 2.43. The molecule has 0 aliphatic carbocycles. The number of aromatic nitrogens is 1. The third-order valence-electron chi connectivity index (χ3n) is 2.91. The molecule has 2 rings (SSSR count). The molecule has 1 aliphatic heterocycles. The quantitative estimate of drug-likeness (QED) is 0.355. The molecule has 112 valence electrons. The zero-order valence-corrected chi connectivity index (χ0v) is 11.0. The summed E-state index contributed by atoms with van der Waals surface area (Å²) >= 11 is 1.06. The van der Waals surface area contributed by atoms with E-state index in [2.05, 4.69) is 10.3 Å². The maximum absolute atomic E-state index is 10.9. The van der Waals surface area contributed by atoms with Crippen LogP contribution in [0, 0.1) is 0 Å². The summed E-state index contributed by atoms with van der Waals surface area (Å²) in [6.07, 6.45) is -6.42. The van der Waals surface area contributed by atoms with Gasteiger partial charge in [0.25, 0.3) is 5.91 Å². The second kappa shape index (κ2) is 5.99. The molecule has 20 heavy (non-hydrogen) atoms. The van der Waals surface area contributed by atoms with Crippen LogP contribution >= 0.6 is 11.3 Å². The normalized spacial score (nSPS) is 33.9. The molecular formula is C10H15N3O6S. The van der Waals surface area contributed by atoms with Crippen LogP contribution in [0.2, 0.25) is 0 Å². The van der Waals surface area contributed by atoms with Gasteiger partial charge in [-0.3, -0.25) is 4.79 Å². The molecule has 1 aromatic rings. The summed E-state index contributed by atoms with van der Waals surface area (Å²) in [7, 11) is 0. The number of anilines is 1. The number of carbonyl (C=O) groups is 1. The number of amides is 1. The fourth-order valence-corrected chi connectivity index (χ4v) is 2.52. The van der Waals surface area contributed by atoms with Crippen molar-refractivity contribution in [2.24, 2.45) is 5.73 Å². The summed E-state index contributed by atoms with van der Waals surface area (Å²) in [5.41, 5.74) is 5.12. The molecule has 5 atom stereocenters. The molecule has 1 amide bonds. The van der Waals surface area contributed by atoms with Crippen molar-refractivity contribution in [1.29, 1.82) is 0 Å². The highest BCUT2D eigenvalue weighted by molar-refractivity contribution is 7.13. The average molecular weight is 305 g/mol. The van der Waals surface area contributed by atoms with Crippen molar-refractivity contribution in [2.45, 2.75) is 30.6 Å². The molecule has 0 spiro atoms. The van der Waals surface area contributed by atoms with Crippen LogP contribution in [0.1, 0.15) is 10.5 Å². The number of primary amides is 1. The van der Waals surface area contributed by atoms with Gasteiger partial charge in [-0.25, -0.2) is 4.98 Å². The van der Waals surface area contributed by atoms with Crippen molar-refractivity contribution in [3.05, 3.63) is 11.1 Å². The van der Waals surface area contributed by atoms with Gasteiger partial charge in [-0.2, -0.15) is 0 Å². The minimum atomic E-state index is -1.48. The summed E-state index contributed by atoms with van der Waals surface area (Å²) in [4.78, 5) is 14.8. The maximum atomic E-state index is 10.9. The number of nitrogens with zero attached hydrogens (tertiary/aromatic N) is 1. The maximum Gasteiger partial charge on any atom is 0.268 e. The van der Waals surface area contributed by atoms with Crippen LogP contribution in [0.25, 0.3) is 0 Å². The van der Waals surface area contributed by atoms with Crippen LogP contribution in [-0.4, -0.2) is 68.6 Å². The second-order valence-corrected chi connectivity index (χ2v) is 5.15. The van der Waals surface area contributed by atoms with Crippen molar-refractivity contribution in [2.75, 3.05) is 11.9 Å². The average Bonchev–Trinajstić information content (AvgIpc) is 2.88. The first-order chi connectivity index (χ1) is 9.43. The Kier molecular flexibility index (Phi) is 4.52. The van der Waals surface area contributed by atoms with Gasteiger partial charge >= 0.3 is 0 Å². The zero-order valence-electron chi connectivity index (χ0n) is 10.2. The van der Waals surface area contributed by atoms with E-state index in [1.807, 2.05) is 0 Å². The lowest BCUT2D eigenvalue weighted by Gasteiger charge is -2.40. The second-order valence-electron chi connectivity index (χ2n) is 4.30. The zero-order chi connectivity index (χ0) is 14.9. The van der Waals surface area contributed by atoms with Gasteiger partial charge < -0.3 is 36.2 Å². The van der Waals surface area contributed by atoms with Gasteiger partial charge in [0.1, 0.15) is 30.1 Å². The first-order valence-electron chi connectivity index (χ1n) is 5.76. The Hall–Kier alpha value is -1.30. The Morgan fingerprint density at radius 1 is 1.40 bits per heavy atom. The van der Waals surface area contributed by atoms with Crippen molar-refractivity contribution in [1.82, 2.24) is 4.98 Å². The number of hydrogen-bond acceptors (Lipinski definition) is 9. The van der Waals surface area contributed by atoms with E-state index in [9.17, 15) is 20.1 Å². The number of nitrogens with one attached hydrogen (secondary N) is 1. The highest BCUT2D eigenvalue weighted by Crippen LogP contribution is 2.24. The summed E-state index contributed by atoms with van der Waals surface area (Å²) in [6, 6.07) is 0. The summed E-state index contributed by atoms with van der Waals surface area (Å²) in [6.45, 7) is -0.520. The fraction of sp³-hybridized carbons (Fsp3) is 0.600. The van der Waals surface area contributed by atoms with Crippen molar-refractivity contribution in [3.8, 4) is 0 Å². The third-order valence-corrected chi connectivity index (χ3v) is 3.69. The van der Waals surface area contributed by atoms with Crippen LogP contribution in [-0.2, 0) is 4.74 Å². The van der Waals surface area contributed by atoms with E-state index in [-0.39, 0.29) is 10.8 Å². The van der Waals surface area contributed by atoms with Crippen molar-refractivity contribution >= 4 is 22.4 Å². The van der Waals surface area contributed by atoms with Crippen LogP contribution < -0.4 is 11.1 Å². The number of aliphatic hydroxyl groups excluding tert-OH is 4. The molecule has 0 unspecified atom stereocenters. The number of ether oxygens (including phenoxy) is 1. The van der Waals surface area contributed by atoms with E-state index in [0.717, 1.165) is 11.3 Å². The van der Waals surface area contributed by atoms with Gasteiger partial charge in [-0.15, -0.1) is 11.3 Å². The number of carbonyl (C=O) groups excluding carboxylic acids is 1. The molecular weight excluding hydrogens is 290 g/mol. The minimum Gasteiger partial charge on any atom is -0.394 e. The van der Waals surface area contributed by atoms with Crippen LogP contribution in [0.3, 0.4) is 0 Å². The van der Waals surface area contributed by atoms with Gasteiger partial charge in [-0.1, -0.05) is 0 Å². The summed E-state index contributed by atoms with van der Waals surface area (Å²) in [5, 5.41) is 42.4. The molecule has 1 aliphatic rings. The molecule has 7 N–H and O–H groups in total. The first kappa shape index (κ1) is 15.1. The minimum absolute atomic E-state index is 0.0575. The summed E-state index contributed by atoms with van der Waals surface area (Å²) < 4.78 is 5.23. The predicted molar refractivity (Wildman–Crippen MR) is 68.0 cm³/mol. The van der Waals surface area contributed by atoms with Gasteiger partial charge in [0.2, 0.25) is 0 Å². The summed E-state index contributed by atoms with van der Waals surface area (Å²) in [5.74, 6) is -0.692. The molecule has 0 bridgehead atoms. The van der Waals surface area contributed by atoms with Gasteiger partial charge in [-0.05, 0) is 0 Å². The number of hydrogen-bond donors (Lipinski definition) is 6. The molecule has 1 saturated heterocycles. The van der Waals surface area contributed by atoms with Crippen molar-refractivity contribution < 1.29 is 30.0 Å². The molecule has 0 aromatic carbocycles. The van der Waals surface area contributed by atoms with E-state index in [4.69, 9.17) is 15.6 Å². The number of aliphatic hydroxyl groups is 4. The number of nitrogens with two attached hydrogens (primary N) is 1. The lowest BCUT2D eigenvalue weighted by Crippen LogP contribution is -2.60. The Labute approximate surface area is 117 Å². The van der Waals surface area contributed by atoms with E-state index in [0.29, 0.717) is 0 Å². The van der Waals surface area contributed by atoms with E-state index >= 15 is 0 Å². The van der Waals surface area contributed by atoms with E-state index in [1.165, 1.54) is 5.38 Å². The van der Waals surface area contributed by atoms with Gasteiger partial charge in [0.05, 0.1) is 6.61 Å². The Balaban J connectivity index is 2.08. The molecule has 2 heterocycles. The molecule has 1 aromatic heterocycles. The predicted octanol–water partition coefficient (Wildman–Crippen LogP) is -2.55. The lowest BCUT2D eigenvalue weighted by molar-refractivity contribution is -0.221. The Morgan fingerprint density at radius 3 is 2.65 bits per heavy atom. The molecule has 10 heteroatoms. The van der Waals surface area contributed by atoms with E-state index in [1.54, 1.807) is 0 Å². The molecule has 0 saturated carbocycles.